The molecular formula is C29H40O. The van der Waals surface area contributed by atoms with Crippen LogP contribution in [-0.4, -0.2) is 5.11 Å². The molecule has 6 aliphatic carbocycles. The van der Waals surface area contributed by atoms with Crippen molar-refractivity contribution in [2.75, 3.05) is 0 Å². The third kappa shape index (κ3) is 2.31. The first-order valence-electron chi connectivity index (χ1n) is 13.3. The van der Waals surface area contributed by atoms with Gasteiger partial charge in [0.25, 0.3) is 0 Å². The molecule has 162 valence electrons. The highest BCUT2D eigenvalue weighted by Gasteiger charge is 2.58. The van der Waals surface area contributed by atoms with Crippen LogP contribution in [0.2, 0.25) is 0 Å². The van der Waals surface area contributed by atoms with Crippen molar-refractivity contribution in [2.24, 2.45) is 59.2 Å². The summed E-state index contributed by atoms with van der Waals surface area (Å²) in [4.78, 5) is 0. The topological polar surface area (TPSA) is 20.2 Å². The van der Waals surface area contributed by atoms with Gasteiger partial charge in [-0.15, -0.1) is 0 Å². The fraction of sp³-hybridized carbons (Fsp3) is 0.793. The van der Waals surface area contributed by atoms with Crippen LogP contribution < -0.4 is 0 Å². The summed E-state index contributed by atoms with van der Waals surface area (Å²) >= 11 is 0. The van der Waals surface area contributed by atoms with E-state index in [9.17, 15) is 5.11 Å². The van der Waals surface area contributed by atoms with Gasteiger partial charge in [-0.25, -0.2) is 0 Å². The summed E-state index contributed by atoms with van der Waals surface area (Å²) in [5, 5.41) is 11.7. The maximum absolute atomic E-state index is 11.7. The van der Waals surface area contributed by atoms with Crippen LogP contribution in [0, 0.1) is 66.1 Å². The lowest BCUT2D eigenvalue weighted by atomic mass is 9.69. The van der Waals surface area contributed by atoms with Gasteiger partial charge in [-0.1, -0.05) is 38.0 Å². The van der Waals surface area contributed by atoms with E-state index in [0.29, 0.717) is 11.8 Å². The Hall–Kier alpha value is -0.980. The number of phenols is 1. The zero-order valence-electron chi connectivity index (χ0n) is 19.2. The van der Waals surface area contributed by atoms with E-state index < -0.39 is 0 Å². The van der Waals surface area contributed by atoms with E-state index in [-0.39, 0.29) is 0 Å². The molecule has 6 fully saturated rings. The minimum atomic E-state index is 0.628. The highest BCUT2D eigenvalue weighted by molar-refractivity contribution is 5.49. The Balaban J connectivity index is 1.25. The first-order chi connectivity index (χ1) is 14.5. The van der Waals surface area contributed by atoms with Gasteiger partial charge in [0.05, 0.1) is 0 Å². The number of hydrogen-bond acceptors (Lipinski definition) is 1. The predicted molar refractivity (Wildman–Crippen MR) is 122 cm³/mol. The van der Waals surface area contributed by atoms with Crippen LogP contribution >= 0.6 is 0 Å². The molecule has 0 aliphatic heterocycles. The molecule has 0 radical (unpaired) electrons. The molecule has 30 heavy (non-hydrogen) atoms. The van der Waals surface area contributed by atoms with Gasteiger partial charge >= 0.3 is 0 Å². The maximum atomic E-state index is 11.7. The van der Waals surface area contributed by atoms with Gasteiger partial charge in [-0.2, -0.15) is 0 Å². The highest BCUT2D eigenvalue weighted by Crippen LogP contribution is 2.68. The fourth-order valence-corrected chi connectivity index (χ4v) is 11.0. The predicted octanol–water partition coefficient (Wildman–Crippen LogP) is 7.27. The van der Waals surface area contributed by atoms with Crippen molar-refractivity contribution in [1.29, 1.82) is 0 Å². The Morgan fingerprint density at radius 2 is 1.33 bits per heavy atom. The molecule has 1 heteroatoms. The second-order valence-corrected chi connectivity index (χ2v) is 12.9. The van der Waals surface area contributed by atoms with Crippen molar-refractivity contribution < 1.29 is 5.11 Å². The average Bonchev–Trinajstić information content (AvgIpc) is 3.51. The fourth-order valence-electron chi connectivity index (χ4n) is 11.0. The summed E-state index contributed by atoms with van der Waals surface area (Å²) in [6.07, 6.45) is 11.4. The molecule has 0 heterocycles. The summed E-state index contributed by atoms with van der Waals surface area (Å²) in [5.41, 5.74) is 4.11. The van der Waals surface area contributed by atoms with Gasteiger partial charge in [-0.05, 0) is 134 Å². The first kappa shape index (κ1) is 18.6. The minimum absolute atomic E-state index is 0.628. The lowest BCUT2D eigenvalue weighted by Gasteiger charge is -2.36. The van der Waals surface area contributed by atoms with Gasteiger partial charge in [0.2, 0.25) is 0 Å². The smallest absolute Gasteiger partial charge is 0.122 e. The summed E-state index contributed by atoms with van der Waals surface area (Å²) in [7, 11) is 0. The van der Waals surface area contributed by atoms with Gasteiger partial charge in [0.1, 0.15) is 5.75 Å². The van der Waals surface area contributed by atoms with E-state index in [2.05, 4.69) is 32.9 Å². The number of aromatic hydroxyl groups is 1. The first-order valence-corrected chi connectivity index (χ1v) is 13.3. The zero-order chi connectivity index (χ0) is 20.3. The second-order valence-electron chi connectivity index (χ2n) is 12.9. The summed E-state index contributed by atoms with van der Waals surface area (Å²) in [6, 6.07) is 4.77. The number of aryl methyl sites for hydroxylation is 1. The quantitative estimate of drug-likeness (QED) is 0.549. The summed E-state index contributed by atoms with van der Waals surface area (Å²) in [6.45, 7) is 7.31. The molecule has 0 spiro atoms. The number of phenolic OH excluding ortho intramolecular Hbond substituents is 1. The van der Waals surface area contributed by atoms with E-state index in [0.717, 1.165) is 64.9 Å². The van der Waals surface area contributed by atoms with Crippen molar-refractivity contribution in [3.05, 3.63) is 28.8 Å². The SMILES string of the molecule is Cc1cc(C2CC3CC2C2C(C)CCC32)c(O)c(C2CCC3C4CC(C)C(C4)C23)c1. The summed E-state index contributed by atoms with van der Waals surface area (Å²) in [5.74, 6) is 11.3. The van der Waals surface area contributed by atoms with Crippen LogP contribution in [0.4, 0.5) is 0 Å². The van der Waals surface area contributed by atoms with Gasteiger partial charge in [0.15, 0.2) is 0 Å². The van der Waals surface area contributed by atoms with Crippen LogP contribution in [-0.2, 0) is 0 Å². The second kappa shape index (κ2) is 6.29. The molecule has 6 saturated carbocycles. The van der Waals surface area contributed by atoms with E-state index >= 15 is 0 Å². The Morgan fingerprint density at radius 1 is 0.667 bits per heavy atom. The van der Waals surface area contributed by atoms with Crippen LogP contribution in [0.3, 0.4) is 0 Å². The Kier molecular flexibility index (Phi) is 3.90. The third-order valence-corrected chi connectivity index (χ3v) is 11.8. The van der Waals surface area contributed by atoms with E-state index in [1.54, 1.807) is 0 Å². The van der Waals surface area contributed by atoms with Gasteiger partial charge in [0, 0.05) is 0 Å². The standard InChI is InChI=1S/C29H40O/c1-14-8-25(21-7-6-20-17-10-16(3)22(11-17)28(20)21)29(30)26(9-14)23-12-18-13-24(23)27-15(2)4-5-19(18)27/h8-9,15-24,27-28,30H,4-7,10-13H2,1-3H3. The van der Waals surface area contributed by atoms with E-state index in [1.165, 1.54) is 68.1 Å². The molecule has 12 unspecified atom stereocenters. The highest BCUT2D eigenvalue weighted by atomic mass is 16.3. The van der Waals surface area contributed by atoms with E-state index in [4.69, 9.17) is 0 Å². The molecule has 0 aromatic heterocycles. The molecule has 4 bridgehead atoms. The number of fused-ring (bicyclic) bond motifs is 10. The summed E-state index contributed by atoms with van der Waals surface area (Å²) < 4.78 is 0. The number of benzene rings is 1. The molecular weight excluding hydrogens is 364 g/mol. The third-order valence-electron chi connectivity index (χ3n) is 11.8. The van der Waals surface area contributed by atoms with Crippen LogP contribution in [0.15, 0.2) is 12.1 Å². The molecule has 7 rings (SSSR count). The van der Waals surface area contributed by atoms with Crippen molar-refractivity contribution in [3.63, 3.8) is 0 Å². The van der Waals surface area contributed by atoms with E-state index in [1.807, 2.05) is 0 Å². The molecule has 1 N–H and O–H groups in total. The van der Waals surface area contributed by atoms with Crippen molar-refractivity contribution in [1.82, 2.24) is 0 Å². The molecule has 1 aromatic carbocycles. The minimum Gasteiger partial charge on any atom is -0.507 e. The number of rotatable bonds is 2. The Morgan fingerprint density at radius 3 is 2.17 bits per heavy atom. The lowest BCUT2D eigenvalue weighted by Crippen LogP contribution is -2.27. The molecule has 0 saturated heterocycles. The monoisotopic (exact) mass is 404 g/mol. The van der Waals surface area contributed by atoms with Crippen LogP contribution in [0.1, 0.15) is 93.7 Å². The zero-order valence-corrected chi connectivity index (χ0v) is 19.2. The molecule has 6 aliphatic rings. The molecule has 1 aromatic rings. The van der Waals surface area contributed by atoms with Gasteiger partial charge < -0.3 is 5.11 Å². The molecule has 12 atom stereocenters. The average molecular weight is 405 g/mol. The molecule has 0 amide bonds. The Labute approximate surface area is 183 Å². The van der Waals surface area contributed by atoms with Crippen molar-refractivity contribution >= 4 is 0 Å². The van der Waals surface area contributed by atoms with Crippen molar-refractivity contribution in [2.45, 2.75) is 84.0 Å². The van der Waals surface area contributed by atoms with Crippen LogP contribution in [0.5, 0.6) is 5.75 Å². The lowest BCUT2D eigenvalue weighted by molar-refractivity contribution is 0.185. The largest absolute Gasteiger partial charge is 0.507 e. The van der Waals surface area contributed by atoms with Crippen molar-refractivity contribution in [3.8, 4) is 5.75 Å². The van der Waals surface area contributed by atoms with Gasteiger partial charge in [-0.3, -0.25) is 0 Å². The Bertz CT molecular complexity index is 871. The van der Waals surface area contributed by atoms with Crippen LogP contribution in [0.25, 0.3) is 0 Å². The number of hydrogen-bond donors (Lipinski definition) is 1. The molecule has 1 nitrogen and oxygen atoms in total. The maximum Gasteiger partial charge on any atom is 0.122 e. The normalized spacial score (nSPS) is 52.9.